The molecule has 0 unspecified atom stereocenters. The van der Waals surface area contributed by atoms with Gasteiger partial charge in [0.05, 0.1) is 5.56 Å². The second-order valence-corrected chi connectivity index (χ2v) is 8.98. The summed E-state index contributed by atoms with van der Waals surface area (Å²) in [7, 11) is 0. The Hall–Kier alpha value is -4.38. The molecule has 180 valence electrons. The zero-order valence-corrected chi connectivity index (χ0v) is 20.1. The van der Waals surface area contributed by atoms with Crippen molar-refractivity contribution >= 4 is 23.2 Å². The number of rotatable bonds is 7. The quantitative estimate of drug-likeness (QED) is 0.372. The summed E-state index contributed by atoms with van der Waals surface area (Å²) in [5.41, 5.74) is 6.42. The van der Waals surface area contributed by atoms with Crippen LogP contribution in [0.4, 0.5) is 11.4 Å². The van der Waals surface area contributed by atoms with Crippen molar-refractivity contribution in [2.45, 2.75) is 19.4 Å². The molecule has 0 bridgehead atoms. The van der Waals surface area contributed by atoms with Gasteiger partial charge in [-0.25, -0.2) is 0 Å². The van der Waals surface area contributed by atoms with E-state index in [0.717, 1.165) is 31.6 Å². The van der Waals surface area contributed by atoms with Crippen LogP contribution in [0.3, 0.4) is 0 Å². The first-order valence-corrected chi connectivity index (χ1v) is 12.3. The van der Waals surface area contributed by atoms with Gasteiger partial charge < -0.3 is 15.5 Å². The molecule has 4 aromatic rings. The predicted octanol–water partition coefficient (Wildman–Crippen LogP) is 5.47. The number of anilines is 2. The molecule has 0 radical (unpaired) electrons. The third-order valence-electron chi connectivity index (χ3n) is 6.55. The lowest BCUT2D eigenvalue weighted by Gasteiger charge is -2.32. The van der Waals surface area contributed by atoms with E-state index < -0.39 is 0 Å². The van der Waals surface area contributed by atoms with Gasteiger partial charge in [0, 0.05) is 36.6 Å². The summed E-state index contributed by atoms with van der Waals surface area (Å²) in [5.74, 6) is -0.346. The highest BCUT2D eigenvalue weighted by molar-refractivity contribution is 6.06. The molecule has 5 heteroatoms. The van der Waals surface area contributed by atoms with E-state index in [1.807, 2.05) is 48.5 Å². The maximum atomic E-state index is 13.4. The summed E-state index contributed by atoms with van der Waals surface area (Å²) >= 11 is 0. The van der Waals surface area contributed by atoms with Gasteiger partial charge in [0.1, 0.15) is 0 Å². The first-order chi connectivity index (χ1) is 17.7. The molecule has 5 rings (SSSR count). The molecule has 0 saturated carbocycles. The number of carbonyl (C=O) groups excluding carboxylic acids is 2. The van der Waals surface area contributed by atoms with Crippen molar-refractivity contribution in [3.63, 3.8) is 0 Å². The fraction of sp³-hybridized carbons (Fsp3) is 0.161. The van der Waals surface area contributed by atoms with Crippen molar-refractivity contribution in [2.24, 2.45) is 0 Å². The number of hydrogen-bond donors (Lipinski definition) is 2. The van der Waals surface area contributed by atoms with Gasteiger partial charge in [0.2, 0.25) is 0 Å². The highest BCUT2D eigenvalue weighted by Crippen LogP contribution is 2.30. The molecule has 2 N–H and O–H groups in total. The minimum Gasteiger partial charge on any atom is -0.366 e. The Kier molecular flexibility index (Phi) is 7.08. The number of nitrogens with one attached hydrogen (secondary N) is 2. The third-order valence-corrected chi connectivity index (χ3v) is 6.55. The van der Waals surface area contributed by atoms with Gasteiger partial charge in [-0.3, -0.25) is 9.59 Å². The molecular weight excluding hydrogens is 446 g/mol. The fourth-order valence-electron chi connectivity index (χ4n) is 4.63. The topological polar surface area (TPSA) is 61.4 Å². The van der Waals surface area contributed by atoms with Crippen LogP contribution in [-0.4, -0.2) is 24.9 Å². The Morgan fingerprint density at radius 1 is 0.750 bits per heavy atom. The second-order valence-electron chi connectivity index (χ2n) is 8.98. The number of amides is 2. The van der Waals surface area contributed by atoms with Crippen LogP contribution in [0.5, 0.6) is 0 Å². The number of hydrogen-bond acceptors (Lipinski definition) is 3. The molecule has 0 aliphatic carbocycles. The van der Waals surface area contributed by atoms with Gasteiger partial charge >= 0.3 is 0 Å². The molecule has 0 fully saturated rings. The van der Waals surface area contributed by atoms with Crippen molar-refractivity contribution in [1.82, 2.24) is 5.32 Å². The Labute approximate surface area is 211 Å². The lowest BCUT2D eigenvalue weighted by molar-refractivity contribution is 0.0953. The van der Waals surface area contributed by atoms with Crippen LogP contribution in [0.25, 0.3) is 0 Å². The summed E-state index contributed by atoms with van der Waals surface area (Å²) in [6.07, 6.45) is 1.68. The zero-order chi connectivity index (χ0) is 24.7. The predicted molar refractivity (Wildman–Crippen MR) is 145 cm³/mol. The molecule has 0 aromatic heterocycles. The first-order valence-electron chi connectivity index (χ1n) is 12.3. The van der Waals surface area contributed by atoms with Crippen LogP contribution >= 0.6 is 0 Å². The standard InChI is InChI=1S/C31H29N3O2/c35-30(25-12-5-2-6-13-25)33-27-15-16-29(34-20-18-24-11-7-8-14-26(24)22-34)28(21-27)31(36)32-19-17-23-9-3-1-4-10-23/h1-16,21H,17-20,22H2,(H,32,36)(H,33,35). The number of nitrogens with zero attached hydrogens (tertiary/aromatic N) is 1. The van der Waals surface area contributed by atoms with Gasteiger partial charge in [-0.15, -0.1) is 0 Å². The minimum absolute atomic E-state index is 0.143. The molecule has 1 aliphatic rings. The van der Waals surface area contributed by atoms with Crippen LogP contribution in [-0.2, 0) is 19.4 Å². The Morgan fingerprint density at radius 3 is 2.22 bits per heavy atom. The minimum atomic E-state index is -0.203. The summed E-state index contributed by atoms with van der Waals surface area (Å²) in [6, 6.07) is 33.2. The smallest absolute Gasteiger partial charge is 0.255 e. The number of fused-ring (bicyclic) bond motifs is 1. The summed E-state index contributed by atoms with van der Waals surface area (Å²) in [6.45, 7) is 2.11. The average molecular weight is 476 g/mol. The van der Waals surface area contributed by atoms with E-state index >= 15 is 0 Å². The molecule has 0 atom stereocenters. The van der Waals surface area contributed by atoms with Gasteiger partial charge in [-0.2, -0.15) is 0 Å². The summed E-state index contributed by atoms with van der Waals surface area (Å²) < 4.78 is 0. The van der Waals surface area contributed by atoms with Crippen molar-refractivity contribution in [3.05, 3.63) is 131 Å². The Morgan fingerprint density at radius 2 is 1.44 bits per heavy atom. The molecule has 1 aliphatic heterocycles. The molecule has 0 saturated heterocycles. The van der Waals surface area contributed by atoms with Crippen molar-refractivity contribution in [1.29, 1.82) is 0 Å². The highest BCUT2D eigenvalue weighted by Gasteiger charge is 2.22. The molecular formula is C31H29N3O2. The fourth-order valence-corrected chi connectivity index (χ4v) is 4.63. The molecule has 0 spiro atoms. The lowest BCUT2D eigenvalue weighted by atomic mass is 9.98. The molecule has 1 heterocycles. The van der Waals surface area contributed by atoms with Crippen LogP contribution in [0, 0.1) is 0 Å². The van der Waals surface area contributed by atoms with E-state index in [1.165, 1.54) is 16.7 Å². The van der Waals surface area contributed by atoms with Gasteiger partial charge in [0.25, 0.3) is 11.8 Å². The Balaban J connectivity index is 1.38. The molecule has 2 amide bonds. The van der Waals surface area contributed by atoms with Gasteiger partial charge in [0.15, 0.2) is 0 Å². The van der Waals surface area contributed by atoms with E-state index in [9.17, 15) is 9.59 Å². The van der Waals surface area contributed by atoms with Crippen LogP contribution in [0.1, 0.15) is 37.4 Å². The zero-order valence-electron chi connectivity index (χ0n) is 20.1. The largest absolute Gasteiger partial charge is 0.366 e. The van der Waals surface area contributed by atoms with Gasteiger partial charge in [-0.1, -0.05) is 72.8 Å². The lowest BCUT2D eigenvalue weighted by Crippen LogP contribution is -2.33. The van der Waals surface area contributed by atoms with E-state index in [-0.39, 0.29) is 11.8 Å². The Bertz CT molecular complexity index is 1350. The molecule has 4 aromatic carbocycles. The normalized spacial score (nSPS) is 12.5. The van der Waals surface area contributed by atoms with E-state index in [4.69, 9.17) is 0 Å². The summed E-state index contributed by atoms with van der Waals surface area (Å²) in [4.78, 5) is 28.4. The van der Waals surface area contributed by atoms with Crippen LogP contribution in [0.15, 0.2) is 103 Å². The molecule has 5 nitrogen and oxygen atoms in total. The second kappa shape index (κ2) is 10.9. The first kappa shape index (κ1) is 23.4. The average Bonchev–Trinajstić information content (AvgIpc) is 2.93. The van der Waals surface area contributed by atoms with Crippen molar-refractivity contribution < 1.29 is 9.59 Å². The van der Waals surface area contributed by atoms with Gasteiger partial charge in [-0.05, 0) is 59.9 Å². The third kappa shape index (κ3) is 5.47. The number of carbonyl (C=O) groups is 2. The van der Waals surface area contributed by atoms with E-state index in [2.05, 4.69) is 51.9 Å². The SMILES string of the molecule is O=C(Nc1ccc(N2CCc3ccccc3C2)c(C(=O)NCCc2ccccc2)c1)c1ccccc1. The highest BCUT2D eigenvalue weighted by atomic mass is 16.2. The van der Waals surface area contributed by atoms with Crippen molar-refractivity contribution in [3.8, 4) is 0 Å². The number of benzene rings is 4. The van der Waals surface area contributed by atoms with E-state index in [1.54, 1.807) is 18.2 Å². The maximum absolute atomic E-state index is 13.4. The molecule has 36 heavy (non-hydrogen) atoms. The van der Waals surface area contributed by atoms with Crippen LogP contribution in [0.2, 0.25) is 0 Å². The maximum Gasteiger partial charge on any atom is 0.255 e. The van der Waals surface area contributed by atoms with E-state index in [0.29, 0.717) is 23.4 Å². The van der Waals surface area contributed by atoms with Crippen LogP contribution < -0.4 is 15.5 Å². The monoisotopic (exact) mass is 475 g/mol. The summed E-state index contributed by atoms with van der Waals surface area (Å²) in [5, 5.41) is 6.02. The van der Waals surface area contributed by atoms with Crippen molar-refractivity contribution in [2.75, 3.05) is 23.3 Å².